The number of alkyl halides is 2. The third-order valence-electron chi connectivity index (χ3n) is 5.92. The first kappa shape index (κ1) is 20.3. The number of benzene rings is 2. The minimum atomic E-state index is -2.98. The lowest BCUT2D eigenvalue weighted by molar-refractivity contribution is -0.155. The molecule has 0 radical (unpaired) electrons. The molecule has 5 nitrogen and oxygen atoms in total. The highest BCUT2D eigenvalue weighted by atomic mass is 19.3. The molecule has 156 valence electrons. The number of anilines is 1. The van der Waals surface area contributed by atoms with E-state index in [-0.39, 0.29) is 24.7 Å². The van der Waals surface area contributed by atoms with Gasteiger partial charge in [0.25, 0.3) is 5.92 Å². The Hall–Kier alpha value is -2.98. The summed E-state index contributed by atoms with van der Waals surface area (Å²) in [5, 5.41) is 18.8. The zero-order valence-electron chi connectivity index (χ0n) is 16.5. The van der Waals surface area contributed by atoms with Crippen molar-refractivity contribution < 1.29 is 18.7 Å². The fourth-order valence-corrected chi connectivity index (χ4v) is 4.81. The standard InChI is InChI=1S/C23H23F2N3O2/c24-23(25)14-22(15-27(16-23)13-18-5-2-7-20(29)11-18)8-3-9-28(21(22)30)19-6-1-4-17(10-19)12-26/h1-2,4-7,10-11,29H,3,8-9,13-16H2. The minimum absolute atomic E-state index is 0.0864. The van der Waals surface area contributed by atoms with E-state index in [1.165, 1.54) is 6.07 Å². The largest absolute Gasteiger partial charge is 0.508 e. The van der Waals surface area contributed by atoms with Gasteiger partial charge in [0.15, 0.2) is 0 Å². The van der Waals surface area contributed by atoms with Crippen LogP contribution in [-0.2, 0) is 11.3 Å². The SMILES string of the molecule is N#Cc1cccc(N2CCCC3(CN(Cc4cccc(O)c4)CC(F)(F)C3)C2=O)c1. The zero-order chi connectivity index (χ0) is 21.4. The molecule has 2 aromatic rings. The van der Waals surface area contributed by atoms with E-state index in [0.717, 1.165) is 5.56 Å². The van der Waals surface area contributed by atoms with E-state index in [0.29, 0.717) is 30.6 Å². The fraction of sp³-hybridized carbons (Fsp3) is 0.391. The Kier molecular flexibility index (Phi) is 5.20. The highest BCUT2D eigenvalue weighted by Crippen LogP contribution is 2.46. The van der Waals surface area contributed by atoms with Gasteiger partial charge in [0.1, 0.15) is 5.75 Å². The summed E-state index contributed by atoms with van der Waals surface area (Å²) in [7, 11) is 0. The van der Waals surface area contributed by atoms with Gasteiger partial charge in [-0.25, -0.2) is 8.78 Å². The van der Waals surface area contributed by atoms with Crippen LogP contribution in [0.25, 0.3) is 0 Å². The topological polar surface area (TPSA) is 67.6 Å². The molecule has 0 aliphatic carbocycles. The number of piperidine rings is 2. The lowest BCUT2D eigenvalue weighted by Crippen LogP contribution is -2.61. The molecule has 1 unspecified atom stereocenters. The molecule has 2 saturated heterocycles. The first-order valence-electron chi connectivity index (χ1n) is 10.0. The maximum atomic E-state index is 14.8. The van der Waals surface area contributed by atoms with Gasteiger partial charge in [-0.2, -0.15) is 5.26 Å². The Balaban J connectivity index is 1.62. The first-order chi connectivity index (χ1) is 14.3. The van der Waals surface area contributed by atoms with Gasteiger partial charge in [0, 0.05) is 31.7 Å². The normalized spacial score (nSPS) is 24.0. The van der Waals surface area contributed by atoms with Gasteiger partial charge in [-0.15, -0.1) is 0 Å². The minimum Gasteiger partial charge on any atom is -0.508 e. The lowest BCUT2D eigenvalue weighted by Gasteiger charge is -2.49. The van der Waals surface area contributed by atoms with Crippen LogP contribution in [0.1, 0.15) is 30.4 Å². The average molecular weight is 411 g/mol. The molecule has 1 N–H and O–H groups in total. The van der Waals surface area contributed by atoms with Crippen LogP contribution in [0.5, 0.6) is 5.75 Å². The van der Waals surface area contributed by atoms with Gasteiger partial charge in [-0.3, -0.25) is 9.69 Å². The molecule has 1 spiro atoms. The number of phenolic OH excluding ortho intramolecular Hbond substituents is 1. The summed E-state index contributed by atoms with van der Waals surface area (Å²) in [6.07, 6.45) is 0.564. The van der Waals surface area contributed by atoms with Crippen LogP contribution in [0.2, 0.25) is 0 Å². The molecule has 2 aromatic carbocycles. The second-order valence-corrected chi connectivity index (χ2v) is 8.35. The van der Waals surface area contributed by atoms with Crippen molar-refractivity contribution in [1.82, 2.24) is 4.90 Å². The van der Waals surface area contributed by atoms with E-state index < -0.39 is 24.3 Å². The Morgan fingerprint density at radius 1 is 1.13 bits per heavy atom. The fourth-order valence-electron chi connectivity index (χ4n) is 4.81. The van der Waals surface area contributed by atoms with Crippen molar-refractivity contribution in [3.63, 3.8) is 0 Å². The molecule has 4 rings (SSSR count). The summed E-state index contributed by atoms with van der Waals surface area (Å²) in [5.74, 6) is -3.20. The Labute approximate surface area is 174 Å². The van der Waals surface area contributed by atoms with E-state index in [1.807, 2.05) is 0 Å². The molecular formula is C23H23F2N3O2. The van der Waals surface area contributed by atoms with Crippen LogP contribution in [0, 0.1) is 16.7 Å². The highest BCUT2D eigenvalue weighted by Gasteiger charge is 2.55. The highest BCUT2D eigenvalue weighted by molar-refractivity contribution is 5.98. The van der Waals surface area contributed by atoms with Crippen molar-refractivity contribution >= 4 is 11.6 Å². The molecule has 2 aliphatic heterocycles. The third kappa shape index (κ3) is 4.01. The number of nitrogens with zero attached hydrogens (tertiary/aromatic N) is 3. The number of nitriles is 1. The maximum absolute atomic E-state index is 14.8. The van der Waals surface area contributed by atoms with Crippen LogP contribution < -0.4 is 4.90 Å². The number of hydrogen-bond acceptors (Lipinski definition) is 4. The van der Waals surface area contributed by atoms with Gasteiger partial charge in [0.05, 0.1) is 23.6 Å². The molecule has 7 heteroatoms. The molecule has 1 atom stereocenters. The van der Waals surface area contributed by atoms with Crippen LogP contribution in [0.4, 0.5) is 14.5 Å². The summed E-state index contributed by atoms with van der Waals surface area (Å²) in [5.41, 5.74) is 0.565. The van der Waals surface area contributed by atoms with Crippen molar-refractivity contribution in [2.24, 2.45) is 5.41 Å². The van der Waals surface area contributed by atoms with Gasteiger partial charge in [-0.05, 0) is 48.7 Å². The number of phenols is 1. The number of aromatic hydroxyl groups is 1. The maximum Gasteiger partial charge on any atom is 0.261 e. The summed E-state index contributed by atoms with van der Waals surface area (Å²) >= 11 is 0. The van der Waals surface area contributed by atoms with Crippen molar-refractivity contribution in [3.05, 3.63) is 59.7 Å². The molecule has 0 aromatic heterocycles. The summed E-state index contributed by atoms with van der Waals surface area (Å²) in [4.78, 5) is 16.7. The van der Waals surface area contributed by atoms with E-state index in [2.05, 4.69) is 6.07 Å². The Morgan fingerprint density at radius 2 is 1.93 bits per heavy atom. The monoisotopic (exact) mass is 411 g/mol. The first-order valence-corrected chi connectivity index (χ1v) is 10.0. The number of carbonyl (C=O) groups is 1. The van der Waals surface area contributed by atoms with Crippen molar-refractivity contribution in [2.45, 2.75) is 31.7 Å². The number of likely N-dealkylation sites (tertiary alicyclic amines) is 1. The number of halogens is 2. The van der Waals surface area contributed by atoms with Crippen LogP contribution in [0.15, 0.2) is 48.5 Å². The van der Waals surface area contributed by atoms with Gasteiger partial charge >= 0.3 is 0 Å². The van der Waals surface area contributed by atoms with E-state index >= 15 is 0 Å². The third-order valence-corrected chi connectivity index (χ3v) is 5.92. The lowest BCUT2D eigenvalue weighted by atomic mass is 9.71. The van der Waals surface area contributed by atoms with E-state index in [9.17, 15) is 18.7 Å². The zero-order valence-corrected chi connectivity index (χ0v) is 16.5. The van der Waals surface area contributed by atoms with Crippen molar-refractivity contribution in [2.75, 3.05) is 24.5 Å². The second kappa shape index (κ2) is 7.69. The average Bonchev–Trinajstić information content (AvgIpc) is 2.69. The van der Waals surface area contributed by atoms with Crippen LogP contribution in [-0.4, -0.2) is 41.5 Å². The number of rotatable bonds is 3. The number of hydrogen-bond donors (Lipinski definition) is 1. The molecule has 2 heterocycles. The summed E-state index contributed by atoms with van der Waals surface area (Å²) in [6.45, 7) is 0.518. The van der Waals surface area contributed by atoms with Crippen molar-refractivity contribution in [3.8, 4) is 11.8 Å². The predicted octanol–water partition coefficient (Wildman–Crippen LogP) is 3.92. The number of amides is 1. The smallest absolute Gasteiger partial charge is 0.261 e. The Bertz CT molecular complexity index is 1000. The predicted molar refractivity (Wildman–Crippen MR) is 108 cm³/mol. The second-order valence-electron chi connectivity index (χ2n) is 8.35. The van der Waals surface area contributed by atoms with Crippen LogP contribution >= 0.6 is 0 Å². The summed E-state index contributed by atoms with van der Waals surface area (Å²) < 4.78 is 29.6. The van der Waals surface area contributed by atoms with Crippen LogP contribution in [0.3, 0.4) is 0 Å². The van der Waals surface area contributed by atoms with Gasteiger partial charge in [-0.1, -0.05) is 18.2 Å². The van der Waals surface area contributed by atoms with Gasteiger partial charge in [0.2, 0.25) is 5.91 Å². The number of carbonyl (C=O) groups excluding carboxylic acids is 1. The van der Waals surface area contributed by atoms with E-state index in [4.69, 9.17) is 5.26 Å². The molecular weight excluding hydrogens is 388 g/mol. The summed E-state index contributed by atoms with van der Waals surface area (Å²) in [6, 6.07) is 15.3. The molecule has 30 heavy (non-hydrogen) atoms. The quantitative estimate of drug-likeness (QED) is 0.831. The van der Waals surface area contributed by atoms with E-state index in [1.54, 1.807) is 52.3 Å². The molecule has 1 amide bonds. The molecule has 0 bridgehead atoms. The molecule has 2 aliphatic rings. The Morgan fingerprint density at radius 3 is 2.70 bits per heavy atom. The molecule has 2 fully saturated rings. The van der Waals surface area contributed by atoms with Crippen molar-refractivity contribution in [1.29, 1.82) is 5.26 Å². The molecule has 0 saturated carbocycles. The van der Waals surface area contributed by atoms with Gasteiger partial charge < -0.3 is 10.0 Å².